The van der Waals surface area contributed by atoms with Gasteiger partial charge in [-0.1, -0.05) is 6.07 Å². The molecule has 1 amide bonds. The Kier molecular flexibility index (Phi) is 4.18. The van der Waals surface area contributed by atoms with Gasteiger partial charge < -0.3 is 10.3 Å². The van der Waals surface area contributed by atoms with Crippen LogP contribution in [0.3, 0.4) is 0 Å². The summed E-state index contributed by atoms with van der Waals surface area (Å²) in [6, 6.07) is 6.44. The van der Waals surface area contributed by atoms with Gasteiger partial charge >= 0.3 is 0 Å². The SMILES string of the molecule is Cc1cc(C)c(C(=O)Nc2cc(-c3c(F)cccc3F)[nH]n2)c(=O)[nH]1. The van der Waals surface area contributed by atoms with Gasteiger partial charge in [-0.15, -0.1) is 0 Å². The maximum absolute atomic E-state index is 13.8. The third-order valence-corrected chi connectivity index (χ3v) is 3.64. The average molecular weight is 344 g/mol. The van der Waals surface area contributed by atoms with Crippen molar-refractivity contribution in [3.8, 4) is 11.3 Å². The van der Waals surface area contributed by atoms with Gasteiger partial charge in [0.2, 0.25) is 0 Å². The molecule has 3 rings (SSSR count). The van der Waals surface area contributed by atoms with Crippen molar-refractivity contribution < 1.29 is 13.6 Å². The lowest BCUT2D eigenvalue weighted by molar-refractivity contribution is 0.102. The smallest absolute Gasteiger partial charge is 0.262 e. The van der Waals surface area contributed by atoms with Crippen LogP contribution in [0.5, 0.6) is 0 Å². The molecule has 0 aliphatic rings. The molecular weight excluding hydrogens is 330 g/mol. The molecule has 2 aromatic heterocycles. The Labute approximate surface area is 140 Å². The topological polar surface area (TPSA) is 90.6 Å². The van der Waals surface area contributed by atoms with Crippen molar-refractivity contribution in [2.24, 2.45) is 0 Å². The van der Waals surface area contributed by atoms with Gasteiger partial charge in [0.05, 0.1) is 11.3 Å². The van der Waals surface area contributed by atoms with E-state index in [1.807, 2.05) is 0 Å². The molecule has 0 radical (unpaired) electrons. The molecule has 3 aromatic rings. The summed E-state index contributed by atoms with van der Waals surface area (Å²) in [5.74, 6) is -2.13. The van der Waals surface area contributed by atoms with E-state index in [2.05, 4.69) is 20.5 Å². The van der Waals surface area contributed by atoms with Crippen LogP contribution in [0.4, 0.5) is 14.6 Å². The van der Waals surface area contributed by atoms with Gasteiger partial charge in [-0.3, -0.25) is 14.7 Å². The summed E-state index contributed by atoms with van der Waals surface area (Å²) in [6.45, 7) is 3.35. The number of hydrogen-bond donors (Lipinski definition) is 3. The largest absolute Gasteiger partial charge is 0.326 e. The second kappa shape index (κ2) is 6.31. The molecule has 3 N–H and O–H groups in total. The van der Waals surface area contributed by atoms with Gasteiger partial charge in [0.15, 0.2) is 5.82 Å². The number of benzene rings is 1. The monoisotopic (exact) mass is 344 g/mol. The Bertz CT molecular complexity index is 1000. The van der Waals surface area contributed by atoms with E-state index >= 15 is 0 Å². The van der Waals surface area contributed by atoms with Gasteiger partial charge in [0.1, 0.15) is 17.2 Å². The number of carbonyl (C=O) groups excluding carboxylic acids is 1. The first-order chi connectivity index (χ1) is 11.9. The minimum atomic E-state index is -0.757. The van der Waals surface area contributed by atoms with Crippen LogP contribution in [0, 0.1) is 25.5 Å². The number of nitrogens with one attached hydrogen (secondary N) is 3. The van der Waals surface area contributed by atoms with Crippen LogP contribution in [0.15, 0.2) is 35.1 Å². The van der Waals surface area contributed by atoms with Gasteiger partial charge in [-0.25, -0.2) is 8.78 Å². The third-order valence-electron chi connectivity index (χ3n) is 3.64. The number of pyridine rings is 1. The summed E-state index contributed by atoms with van der Waals surface area (Å²) in [7, 11) is 0. The number of rotatable bonds is 3. The first kappa shape index (κ1) is 16.6. The Morgan fingerprint density at radius 1 is 1.16 bits per heavy atom. The van der Waals surface area contributed by atoms with Crippen LogP contribution >= 0.6 is 0 Å². The van der Waals surface area contributed by atoms with E-state index in [1.165, 1.54) is 12.1 Å². The number of aromatic nitrogens is 3. The van der Waals surface area contributed by atoms with Crippen molar-refractivity contribution in [1.29, 1.82) is 0 Å². The first-order valence-electron chi connectivity index (χ1n) is 7.38. The second-order valence-corrected chi connectivity index (χ2v) is 5.56. The molecule has 0 unspecified atom stereocenters. The van der Waals surface area contributed by atoms with Crippen LogP contribution in [0.1, 0.15) is 21.6 Å². The van der Waals surface area contributed by atoms with E-state index in [0.717, 1.165) is 12.1 Å². The predicted molar refractivity (Wildman–Crippen MR) is 88.4 cm³/mol. The summed E-state index contributed by atoms with van der Waals surface area (Å²) < 4.78 is 27.6. The maximum Gasteiger partial charge on any atom is 0.262 e. The van der Waals surface area contributed by atoms with Crippen molar-refractivity contribution in [2.75, 3.05) is 5.32 Å². The molecule has 0 fully saturated rings. The number of aromatic amines is 2. The Morgan fingerprint density at radius 3 is 2.48 bits per heavy atom. The van der Waals surface area contributed by atoms with E-state index in [4.69, 9.17) is 0 Å². The lowest BCUT2D eigenvalue weighted by Crippen LogP contribution is -2.25. The quantitative estimate of drug-likeness (QED) is 0.682. The van der Waals surface area contributed by atoms with E-state index in [1.54, 1.807) is 19.9 Å². The zero-order valence-corrected chi connectivity index (χ0v) is 13.4. The molecule has 0 aliphatic heterocycles. The number of hydrogen-bond acceptors (Lipinski definition) is 3. The number of anilines is 1. The van der Waals surface area contributed by atoms with Crippen LogP contribution in [0.2, 0.25) is 0 Å². The van der Waals surface area contributed by atoms with Crippen molar-refractivity contribution in [2.45, 2.75) is 13.8 Å². The normalized spacial score (nSPS) is 10.7. The predicted octanol–water partition coefficient (Wildman–Crippen LogP) is 2.91. The number of carbonyl (C=O) groups is 1. The first-order valence-corrected chi connectivity index (χ1v) is 7.38. The average Bonchev–Trinajstić information content (AvgIpc) is 2.94. The van der Waals surface area contributed by atoms with E-state index < -0.39 is 23.1 Å². The molecule has 1 aromatic carbocycles. The van der Waals surface area contributed by atoms with Crippen LogP contribution < -0.4 is 10.9 Å². The number of halogens is 2. The fourth-order valence-corrected chi connectivity index (χ4v) is 2.58. The van der Waals surface area contributed by atoms with Gasteiger partial charge in [-0.05, 0) is 37.6 Å². The number of nitrogens with zero attached hydrogens (tertiary/aromatic N) is 1. The summed E-state index contributed by atoms with van der Waals surface area (Å²) in [6.07, 6.45) is 0. The van der Waals surface area contributed by atoms with E-state index in [9.17, 15) is 18.4 Å². The van der Waals surface area contributed by atoms with Crippen molar-refractivity contribution in [3.05, 3.63) is 69.1 Å². The minimum Gasteiger partial charge on any atom is -0.326 e. The molecule has 0 aliphatic carbocycles. The summed E-state index contributed by atoms with van der Waals surface area (Å²) >= 11 is 0. The molecule has 8 heteroatoms. The van der Waals surface area contributed by atoms with Crippen LogP contribution in [-0.4, -0.2) is 21.1 Å². The highest BCUT2D eigenvalue weighted by atomic mass is 19.1. The molecule has 6 nitrogen and oxygen atoms in total. The van der Waals surface area contributed by atoms with Crippen molar-refractivity contribution >= 4 is 11.7 Å². The van der Waals surface area contributed by atoms with E-state index in [0.29, 0.717) is 11.3 Å². The lowest BCUT2D eigenvalue weighted by atomic mass is 10.1. The number of aryl methyl sites for hydroxylation is 2. The molecule has 0 atom stereocenters. The fourth-order valence-electron chi connectivity index (χ4n) is 2.58. The molecule has 0 saturated heterocycles. The summed E-state index contributed by atoms with van der Waals surface area (Å²) in [5.41, 5.74) is 0.365. The molecule has 0 bridgehead atoms. The summed E-state index contributed by atoms with van der Waals surface area (Å²) in [4.78, 5) is 26.8. The zero-order valence-electron chi connectivity index (χ0n) is 13.4. The number of amides is 1. The molecule has 25 heavy (non-hydrogen) atoms. The fraction of sp³-hybridized carbons (Fsp3) is 0.118. The van der Waals surface area contributed by atoms with Gasteiger partial charge in [0, 0.05) is 11.8 Å². The summed E-state index contributed by atoms with van der Waals surface area (Å²) in [5, 5.41) is 8.73. The molecule has 2 heterocycles. The molecule has 0 saturated carbocycles. The van der Waals surface area contributed by atoms with Crippen molar-refractivity contribution in [1.82, 2.24) is 15.2 Å². The van der Waals surface area contributed by atoms with Gasteiger partial charge in [-0.2, -0.15) is 5.10 Å². The highest BCUT2D eigenvalue weighted by Gasteiger charge is 2.18. The van der Waals surface area contributed by atoms with Crippen LogP contribution in [-0.2, 0) is 0 Å². The lowest BCUT2D eigenvalue weighted by Gasteiger charge is -2.05. The van der Waals surface area contributed by atoms with Crippen LogP contribution in [0.25, 0.3) is 11.3 Å². The Morgan fingerprint density at radius 2 is 1.84 bits per heavy atom. The zero-order chi connectivity index (χ0) is 18.1. The van der Waals surface area contributed by atoms with Crippen molar-refractivity contribution in [3.63, 3.8) is 0 Å². The highest BCUT2D eigenvalue weighted by molar-refractivity contribution is 6.04. The van der Waals surface area contributed by atoms with E-state index in [-0.39, 0.29) is 22.6 Å². The second-order valence-electron chi connectivity index (χ2n) is 5.56. The third kappa shape index (κ3) is 3.18. The molecule has 128 valence electrons. The Balaban J connectivity index is 1.90. The standard InChI is InChI=1S/C17H14F2N4O2/c1-8-6-9(2)20-16(24)14(8)17(25)21-13-7-12(22-23-13)15-10(18)4-3-5-11(15)19/h3-7H,1-2H3,(H,20,24)(H2,21,22,23,25). The maximum atomic E-state index is 13.8. The van der Waals surface area contributed by atoms with Gasteiger partial charge in [0.25, 0.3) is 11.5 Å². The Hall–Kier alpha value is -3.29. The highest BCUT2D eigenvalue weighted by Crippen LogP contribution is 2.25. The molecular formula is C17H14F2N4O2. The molecule has 0 spiro atoms. The number of H-pyrrole nitrogens is 2. The minimum absolute atomic E-state index is 0.0435.